The number of aromatic nitrogens is 3. The Labute approximate surface area is 141 Å². The second-order valence-electron chi connectivity index (χ2n) is 5.37. The maximum absolute atomic E-state index is 12.5. The van der Waals surface area contributed by atoms with Gasteiger partial charge in [0.2, 0.25) is 0 Å². The Morgan fingerprint density at radius 3 is 2.46 bits per heavy atom. The average molecular weight is 352 g/mol. The van der Waals surface area contributed by atoms with Crippen molar-refractivity contribution in [2.24, 2.45) is 0 Å². The number of nitrogens with zero attached hydrogens (tertiary/aromatic N) is 3. The van der Waals surface area contributed by atoms with E-state index in [9.17, 15) is 13.2 Å². The molecule has 0 aliphatic heterocycles. The highest BCUT2D eigenvalue weighted by Gasteiger charge is 2.27. The molecule has 0 radical (unpaired) electrons. The smallest absolute Gasteiger partial charge is 0.361 e. The Kier molecular flexibility index (Phi) is 4.40. The van der Waals surface area contributed by atoms with Gasteiger partial charge in [-0.05, 0) is 44.0 Å². The summed E-state index contributed by atoms with van der Waals surface area (Å²) in [5, 5.41) is 2.91. The molecule has 0 saturated heterocycles. The number of halogens is 3. The molecule has 0 fully saturated rings. The van der Waals surface area contributed by atoms with E-state index in [0.717, 1.165) is 10.5 Å². The van der Waals surface area contributed by atoms with Gasteiger partial charge in [-0.1, -0.05) is 17.7 Å². The van der Waals surface area contributed by atoms with Crippen LogP contribution in [0.3, 0.4) is 0 Å². The van der Waals surface area contributed by atoms with E-state index >= 15 is 0 Å². The minimum absolute atomic E-state index is 0.193. The van der Waals surface area contributed by atoms with Gasteiger partial charge in [-0.15, -0.1) is 0 Å². The lowest BCUT2D eigenvalue weighted by Crippen LogP contribution is -2.22. The molecule has 2 aromatic heterocycles. The highest BCUT2D eigenvalue weighted by molar-refractivity contribution is 7.98. The van der Waals surface area contributed by atoms with Crippen molar-refractivity contribution in [3.63, 3.8) is 0 Å². The minimum Gasteiger partial charge on any atom is -0.361 e. The minimum atomic E-state index is -4.30. The van der Waals surface area contributed by atoms with Gasteiger partial charge in [-0.2, -0.15) is 13.2 Å². The Hall–Kier alpha value is -2.22. The molecule has 0 amide bonds. The number of rotatable bonds is 4. The third-order valence-corrected chi connectivity index (χ3v) is 4.28. The fourth-order valence-corrected chi connectivity index (χ4v) is 3.04. The second kappa shape index (κ2) is 6.35. The first-order valence-electron chi connectivity index (χ1n) is 7.23. The Morgan fingerprint density at radius 1 is 1.08 bits per heavy atom. The predicted octanol–water partition coefficient (Wildman–Crippen LogP) is 4.58. The number of anilines is 1. The van der Waals surface area contributed by atoms with Crippen molar-refractivity contribution in [3.8, 4) is 0 Å². The molecule has 0 unspecified atom stereocenters. The van der Waals surface area contributed by atoms with Crippen LogP contribution in [0.4, 0.5) is 19.0 Å². The van der Waals surface area contributed by atoms with Crippen LogP contribution in [0.1, 0.15) is 11.4 Å². The molecule has 0 bridgehead atoms. The van der Waals surface area contributed by atoms with Gasteiger partial charge in [0.25, 0.3) is 0 Å². The molecular formula is C16H15F3N4S. The number of hydrogen-bond donors (Lipinski definition) is 1. The van der Waals surface area contributed by atoms with E-state index in [0.29, 0.717) is 16.9 Å². The van der Waals surface area contributed by atoms with E-state index in [1.807, 2.05) is 35.2 Å². The standard InChI is InChI=1S/C16H15F3N4S/c1-10-3-5-12(6-4-10)24-23-8-7-13-14(20-9-16(17,18)19)21-11(2)22-15(13)23/h3-8H,9H2,1-2H3,(H,20,21,22). The summed E-state index contributed by atoms with van der Waals surface area (Å²) >= 11 is 1.45. The number of alkyl halides is 3. The molecule has 4 nitrogen and oxygen atoms in total. The molecule has 3 rings (SSSR count). The van der Waals surface area contributed by atoms with Crippen molar-refractivity contribution < 1.29 is 13.2 Å². The van der Waals surface area contributed by atoms with Crippen molar-refractivity contribution in [1.82, 2.24) is 13.9 Å². The zero-order chi connectivity index (χ0) is 17.3. The van der Waals surface area contributed by atoms with Crippen molar-refractivity contribution in [3.05, 3.63) is 47.9 Å². The van der Waals surface area contributed by atoms with Gasteiger partial charge >= 0.3 is 6.18 Å². The van der Waals surface area contributed by atoms with Crippen molar-refractivity contribution >= 4 is 28.8 Å². The summed E-state index contributed by atoms with van der Waals surface area (Å²) in [4.78, 5) is 9.47. The predicted molar refractivity (Wildman–Crippen MR) is 89.2 cm³/mol. The molecule has 1 N–H and O–H groups in total. The Morgan fingerprint density at radius 2 is 1.79 bits per heavy atom. The fraction of sp³-hybridized carbons (Fsp3) is 0.250. The molecule has 1 aromatic carbocycles. The third-order valence-electron chi connectivity index (χ3n) is 3.30. The Balaban J connectivity index is 1.93. The number of benzene rings is 1. The largest absolute Gasteiger partial charge is 0.405 e. The van der Waals surface area contributed by atoms with Crippen LogP contribution in [0.2, 0.25) is 0 Å². The first-order chi connectivity index (χ1) is 11.3. The number of nitrogens with one attached hydrogen (secondary N) is 1. The van der Waals surface area contributed by atoms with Gasteiger partial charge in [-0.3, -0.25) is 3.97 Å². The van der Waals surface area contributed by atoms with Crippen LogP contribution in [0.15, 0.2) is 41.4 Å². The maximum atomic E-state index is 12.5. The normalized spacial score (nSPS) is 11.9. The summed E-state index contributed by atoms with van der Waals surface area (Å²) in [6, 6.07) is 9.70. The zero-order valence-corrected chi connectivity index (χ0v) is 13.9. The molecule has 2 heterocycles. The number of fused-ring (bicyclic) bond motifs is 1. The van der Waals surface area contributed by atoms with Crippen LogP contribution in [-0.4, -0.2) is 26.7 Å². The quantitative estimate of drug-likeness (QED) is 0.746. The lowest BCUT2D eigenvalue weighted by molar-refractivity contribution is -0.115. The van der Waals surface area contributed by atoms with Gasteiger partial charge in [0.05, 0.1) is 5.39 Å². The van der Waals surface area contributed by atoms with Crippen LogP contribution in [-0.2, 0) is 0 Å². The molecule has 126 valence electrons. The monoisotopic (exact) mass is 352 g/mol. The first-order valence-corrected chi connectivity index (χ1v) is 8.00. The van der Waals surface area contributed by atoms with Crippen LogP contribution in [0, 0.1) is 13.8 Å². The lowest BCUT2D eigenvalue weighted by atomic mass is 10.2. The SMILES string of the molecule is Cc1ccc(Sn2ccc3c(NCC(F)(F)F)nc(C)nc32)cc1. The Bertz CT molecular complexity index is 856. The molecule has 24 heavy (non-hydrogen) atoms. The summed E-state index contributed by atoms with van der Waals surface area (Å²) in [5.74, 6) is 0.606. The molecule has 0 atom stereocenters. The highest BCUT2D eigenvalue weighted by Crippen LogP contribution is 2.29. The van der Waals surface area contributed by atoms with Crippen molar-refractivity contribution in [2.75, 3.05) is 11.9 Å². The molecule has 8 heteroatoms. The molecule has 0 spiro atoms. The van der Waals surface area contributed by atoms with Crippen molar-refractivity contribution in [1.29, 1.82) is 0 Å². The maximum Gasteiger partial charge on any atom is 0.405 e. The highest BCUT2D eigenvalue weighted by atomic mass is 32.2. The fourth-order valence-electron chi connectivity index (χ4n) is 2.21. The van der Waals surface area contributed by atoms with Crippen LogP contribution < -0.4 is 5.32 Å². The van der Waals surface area contributed by atoms with Crippen LogP contribution in [0.25, 0.3) is 11.0 Å². The van der Waals surface area contributed by atoms with E-state index < -0.39 is 12.7 Å². The van der Waals surface area contributed by atoms with E-state index in [2.05, 4.69) is 15.3 Å². The van der Waals surface area contributed by atoms with E-state index in [-0.39, 0.29) is 5.82 Å². The van der Waals surface area contributed by atoms with Crippen LogP contribution >= 0.6 is 11.9 Å². The topological polar surface area (TPSA) is 42.7 Å². The van der Waals surface area contributed by atoms with Gasteiger partial charge in [0, 0.05) is 11.1 Å². The number of aryl methyl sites for hydroxylation is 2. The molecule has 3 aromatic rings. The van der Waals surface area contributed by atoms with Crippen LogP contribution in [0.5, 0.6) is 0 Å². The van der Waals surface area contributed by atoms with E-state index in [1.54, 1.807) is 19.2 Å². The third kappa shape index (κ3) is 3.81. The van der Waals surface area contributed by atoms with E-state index in [1.165, 1.54) is 11.9 Å². The van der Waals surface area contributed by atoms with E-state index in [4.69, 9.17) is 0 Å². The first kappa shape index (κ1) is 16.6. The lowest BCUT2D eigenvalue weighted by Gasteiger charge is -2.11. The summed E-state index contributed by atoms with van der Waals surface area (Å²) in [6.07, 6.45) is -2.52. The molecule has 0 saturated carbocycles. The average Bonchev–Trinajstić information content (AvgIpc) is 2.89. The summed E-state index contributed by atoms with van der Waals surface area (Å²) in [7, 11) is 0. The summed E-state index contributed by atoms with van der Waals surface area (Å²) < 4.78 is 39.2. The zero-order valence-electron chi connectivity index (χ0n) is 13.1. The number of hydrogen-bond acceptors (Lipinski definition) is 4. The molecular weight excluding hydrogens is 337 g/mol. The van der Waals surface area contributed by atoms with Gasteiger partial charge in [-0.25, -0.2) is 9.97 Å². The molecule has 0 aliphatic carbocycles. The molecule has 0 aliphatic rings. The summed E-state index contributed by atoms with van der Waals surface area (Å²) in [5.41, 5.74) is 1.74. The van der Waals surface area contributed by atoms with Gasteiger partial charge in [0.15, 0.2) is 5.65 Å². The van der Waals surface area contributed by atoms with Gasteiger partial charge < -0.3 is 5.32 Å². The van der Waals surface area contributed by atoms with Gasteiger partial charge in [0.1, 0.15) is 18.2 Å². The second-order valence-corrected chi connectivity index (χ2v) is 6.42. The van der Waals surface area contributed by atoms with Crippen molar-refractivity contribution in [2.45, 2.75) is 24.9 Å². The summed E-state index contributed by atoms with van der Waals surface area (Å²) in [6.45, 7) is 2.54.